The van der Waals surface area contributed by atoms with Crippen molar-refractivity contribution in [3.05, 3.63) is 70.8 Å². The van der Waals surface area contributed by atoms with Crippen LogP contribution < -0.4 is 0 Å². The van der Waals surface area contributed by atoms with E-state index in [0.717, 1.165) is 12.8 Å². The summed E-state index contributed by atoms with van der Waals surface area (Å²) in [6, 6.07) is 17.7. The van der Waals surface area contributed by atoms with Crippen LogP contribution in [0.3, 0.4) is 0 Å². The molecule has 2 atom stereocenters. The van der Waals surface area contributed by atoms with Gasteiger partial charge in [-0.1, -0.05) is 87.1 Å². The highest BCUT2D eigenvalue weighted by Gasteiger charge is 2.32. The van der Waals surface area contributed by atoms with Crippen LogP contribution in [0.4, 0.5) is 0 Å². The minimum absolute atomic E-state index is 0.396. The number of carbonyl (C=O) groups is 1. The summed E-state index contributed by atoms with van der Waals surface area (Å²) < 4.78 is 0. The first-order valence-corrected chi connectivity index (χ1v) is 13.3. The molecule has 0 N–H and O–H groups in total. The van der Waals surface area contributed by atoms with Crippen molar-refractivity contribution in [2.45, 2.75) is 103 Å². The summed E-state index contributed by atoms with van der Waals surface area (Å²) in [5.74, 6) is 2.61. The standard InChI is InChI=1S/C31H42O/c1-23-13-9-11-19-28(23)30(25-15-5-3-6-16-25)21-27(32)22-31(26-17-7-4-8-18-26)29-20-12-10-14-24(29)2/h9-14,19-20,25-26,30-31H,3-8,15-18,21-22H2,1-2H3. The molecule has 0 amide bonds. The molecule has 1 nitrogen and oxygen atoms in total. The fourth-order valence-corrected chi connectivity index (χ4v) is 6.71. The minimum atomic E-state index is 0.396. The number of Topliss-reactive ketones (excluding diaryl/α,β-unsaturated/α-hetero) is 1. The van der Waals surface area contributed by atoms with Gasteiger partial charge in [0.15, 0.2) is 0 Å². The lowest BCUT2D eigenvalue weighted by atomic mass is 9.71. The smallest absolute Gasteiger partial charge is 0.134 e. The van der Waals surface area contributed by atoms with Crippen molar-refractivity contribution in [1.29, 1.82) is 0 Å². The molecule has 1 heteroatoms. The molecule has 0 aromatic heterocycles. The molecule has 2 aliphatic carbocycles. The number of benzene rings is 2. The molecule has 0 saturated heterocycles. The van der Waals surface area contributed by atoms with Gasteiger partial charge in [0, 0.05) is 12.8 Å². The second kappa shape index (κ2) is 11.3. The van der Waals surface area contributed by atoms with E-state index in [1.807, 2.05) is 0 Å². The molecule has 0 aliphatic heterocycles. The summed E-state index contributed by atoms with van der Waals surface area (Å²) >= 11 is 0. The molecule has 2 aromatic carbocycles. The number of ketones is 1. The van der Waals surface area contributed by atoms with Gasteiger partial charge in [0.05, 0.1) is 0 Å². The van der Waals surface area contributed by atoms with Crippen molar-refractivity contribution in [3.63, 3.8) is 0 Å². The molecule has 2 saturated carbocycles. The van der Waals surface area contributed by atoms with E-state index < -0.39 is 0 Å². The second-order valence-corrected chi connectivity index (χ2v) is 10.7. The molecule has 2 aromatic rings. The monoisotopic (exact) mass is 430 g/mol. The summed E-state index contributed by atoms with van der Waals surface area (Å²) in [6.07, 6.45) is 14.6. The Labute approximate surface area is 196 Å². The highest BCUT2D eigenvalue weighted by Crippen LogP contribution is 2.43. The molecule has 2 fully saturated rings. The van der Waals surface area contributed by atoms with Crippen LogP contribution in [-0.2, 0) is 4.79 Å². The lowest BCUT2D eigenvalue weighted by molar-refractivity contribution is -0.120. The van der Waals surface area contributed by atoms with Crippen molar-refractivity contribution in [1.82, 2.24) is 0 Å². The van der Waals surface area contributed by atoms with Gasteiger partial charge in [-0.15, -0.1) is 0 Å². The van der Waals surface area contributed by atoms with Crippen LogP contribution in [0, 0.1) is 25.7 Å². The van der Waals surface area contributed by atoms with Crippen molar-refractivity contribution in [3.8, 4) is 0 Å². The fraction of sp³-hybridized carbons (Fsp3) is 0.581. The summed E-state index contributed by atoms with van der Waals surface area (Å²) in [4.78, 5) is 13.7. The Balaban J connectivity index is 1.55. The van der Waals surface area contributed by atoms with Crippen LogP contribution in [0.25, 0.3) is 0 Å². The van der Waals surface area contributed by atoms with Gasteiger partial charge in [-0.25, -0.2) is 0 Å². The maximum absolute atomic E-state index is 13.7. The van der Waals surface area contributed by atoms with Gasteiger partial charge in [0.1, 0.15) is 5.78 Å². The summed E-state index contributed by atoms with van der Waals surface area (Å²) in [6.45, 7) is 4.46. The molecule has 4 rings (SSSR count). The van der Waals surface area contributed by atoms with E-state index in [1.54, 1.807) is 0 Å². The molecule has 2 aliphatic rings. The first kappa shape index (κ1) is 23.3. The predicted molar refractivity (Wildman–Crippen MR) is 135 cm³/mol. The van der Waals surface area contributed by atoms with E-state index in [-0.39, 0.29) is 0 Å². The normalized spacial score (nSPS) is 20.1. The van der Waals surface area contributed by atoms with Crippen LogP contribution in [0.2, 0.25) is 0 Å². The SMILES string of the molecule is Cc1ccccc1C(CC(=O)CC(c1ccccc1C)C1CCCCC1)C1CCCCC1. The number of aryl methyl sites for hydroxylation is 2. The highest BCUT2D eigenvalue weighted by atomic mass is 16.1. The van der Waals surface area contributed by atoms with Crippen LogP contribution in [0.5, 0.6) is 0 Å². The van der Waals surface area contributed by atoms with Gasteiger partial charge < -0.3 is 0 Å². The Kier molecular flexibility index (Phi) is 8.22. The average Bonchev–Trinajstić information content (AvgIpc) is 2.83. The molecule has 0 radical (unpaired) electrons. The fourth-order valence-electron chi connectivity index (χ4n) is 6.71. The van der Waals surface area contributed by atoms with Gasteiger partial charge in [-0.05, 0) is 85.5 Å². The third-order valence-corrected chi connectivity index (χ3v) is 8.51. The van der Waals surface area contributed by atoms with Crippen LogP contribution in [0.15, 0.2) is 48.5 Å². The van der Waals surface area contributed by atoms with E-state index in [1.165, 1.54) is 86.5 Å². The highest BCUT2D eigenvalue weighted by molar-refractivity contribution is 5.80. The Morgan fingerprint density at radius 3 is 1.41 bits per heavy atom. The predicted octanol–water partition coefficient (Wildman–Crippen LogP) is 8.68. The first-order chi connectivity index (χ1) is 15.6. The number of hydrogen-bond acceptors (Lipinski definition) is 1. The van der Waals surface area contributed by atoms with Crippen LogP contribution >= 0.6 is 0 Å². The van der Waals surface area contributed by atoms with Crippen molar-refractivity contribution < 1.29 is 4.79 Å². The van der Waals surface area contributed by atoms with E-state index >= 15 is 0 Å². The Bertz CT molecular complexity index is 798. The lowest BCUT2D eigenvalue weighted by Gasteiger charge is -2.34. The van der Waals surface area contributed by atoms with Crippen LogP contribution in [0.1, 0.15) is 111 Å². The summed E-state index contributed by atoms with van der Waals surface area (Å²) in [5.41, 5.74) is 5.58. The largest absolute Gasteiger partial charge is 0.300 e. The van der Waals surface area contributed by atoms with E-state index in [2.05, 4.69) is 62.4 Å². The zero-order valence-electron chi connectivity index (χ0n) is 20.3. The number of carbonyl (C=O) groups excluding carboxylic acids is 1. The molecular weight excluding hydrogens is 388 g/mol. The molecule has 2 unspecified atom stereocenters. The van der Waals surface area contributed by atoms with Crippen LogP contribution in [-0.4, -0.2) is 5.78 Å². The lowest BCUT2D eigenvalue weighted by Crippen LogP contribution is -2.24. The molecule has 172 valence electrons. The molecule has 32 heavy (non-hydrogen) atoms. The number of rotatable bonds is 8. The maximum atomic E-state index is 13.7. The van der Waals surface area contributed by atoms with Gasteiger partial charge in [0.2, 0.25) is 0 Å². The summed E-state index contributed by atoms with van der Waals surface area (Å²) in [7, 11) is 0. The molecule has 0 heterocycles. The van der Waals surface area contributed by atoms with E-state index in [4.69, 9.17) is 0 Å². The van der Waals surface area contributed by atoms with Gasteiger partial charge in [-0.2, -0.15) is 0 Å². The van der Waals surface area contributed by atoms with Crippen molar-refractivity contribution in [2.24, 2.45) is 11.8 Å². The maximum Gasteiger partial charge on any atom is 0.134 e. The quantitative estimate of drug-likeness (QED) is 0.409. The number of hydrogen-bond donors (Lipinski definition) is 0. The third-order valence-electron chi connectivity index (χ3n) is 8.51. The summed E-state index contributed by atoms with van der Waals surface area (Å²) in [5, 5.41) is 0. The zero-order valence-corrected chi connectivity index (χ0v) is 20.3. The molecular formula is C31H42O. The van der Waals surface area contributed by atoms with Gasteiger partial charge >= 0.3 is 0 Å². The van der Waals surface area contributed by atoms with E-state index in [9.17, 15) is 4.79 Å². The second-order valence-electron chi connectivity index (χ2n) is 10.7. The van der Waals surface area contributed by atoms with E-state index in [0.29, 0.717) is 29.5 Å². The topological polar surface area (TPSA) is 17.1 Å². The molecule has 0 spiro atoms. The van der Waals surface area contributed by atoms with Gasteiger partial charge in [-0.3, -0.25) is 4.79 Å². The van der Waals surface area contributed by atoms with Gasteiger partial charge in [0.25, 0.3) is 0 Å². The third kappa shape index (κ3) is 5.72. The Hall–Kier alpha value is -1.89. The zero-order chi connectivity index (χ0) is 22.3. The molecule has 0 bridgehead atoms. The van der Waals surface area contributed by atoms with Crippen molar-refractivity contribution in [2.75, 3.05) is 0 Å². The first-order valence-electron chi connectivity index (χ1n) is 13.3. The van der Waals surface area contributed by atoms with Crippen molar-refractivity contribution >= 4 is 5.78 Å². The minimum Gasteiger partial charge on any atom is -0.300 e. The average molecular weight is 431 g/mol. The Morgan fingerprint density at radius 2 is 1.03 bits per heavy atom. The Morgan fingerprint density at radius 1 is 0.656 bits per heavy atom.